The topological polar surface area (TPSA) is 63.0 Å². The Hall–Kier alpha value is -6.72. The highest BCUT2D eigenvalue weighted by Crippen LogP contribution is 2.38. The van der Waals surface area contributed by atoms with Gasteiger partial charge in [0.15, 0.2) is 6.17 Å². The minimum Gasteiger partial charge on any atom is -0.456 e. The third-order valence-corrected chi connectivity index (χ3v) is 9.56. The zero-order valence-electron chi connectivity index (χ0n) is 26.9. The van der Waals surface area contributed by atoms with E-state index in [0.717, 1.165) is 88.9 Å². The summed E-state index contributed by atoms with van der Waals surface area (Å²) in [6.07, 6.45) is -0.471. The average molecular weight is 644 g/mol. The van der Waals surface area contributed by atoms with Crippen LogP contribution < -0.4 is 5.32 Å². The van der Waals surface area contributed by atoms with Crippen LogP contribution in [0.1, 0.15) is 22.9 Å². The van der Waals surface area contributed by atoms with E-state index in [4.69, 9.17) is 18.8 Å². The summed E-state index contributed by atoms with van der Waals surface area (Å²) >= 11 is 0. The van der Waals surface area contributed by atoms with Gasteiger partial charge in [0, 0.05) is 32.7 Å². The molecule has 0 spiro atoms. The molecular weight excluding hydrogens is 615 g/mol. The van der Waals surface area contributed by atoms with Gasteiger partial charge >= 0.3 is 0 Å². The van der Waals surface area contributed by atoms with Gasteiger partial charge < -0.3 is 14.2 Å². The predicted octanol–water partition coefficient (Wildman–Crippen LogP) is 11.3. The number of fused-ring (bicyclic) bond motifs is 6. The number of aliphatic imine (C=N–C) groups is 2. The van der Waals surface area contributed by atoms with Crippen LogP contribution in [0.25, 0.3) is 66.1 Å². The van der Waals surface area contributed by atoms with Gasteiger partial charge in [-0.25, -0.2) is 9.98 Å². The van der Waals surface area contributed by atoms with Crippen molar-refractivity contribution in [2.75, 3.05) is 0 Å². The highest BCUT2D eigenvalue weighted by atomic mass is 16.3. The van der Waals surface area contributed by atoms with Crippen LogP contribution in [0.4, 0.5) is 0 Å². The molecule has 0 radical (unpaired) electrons. The Bertz CT molecular complexity index is 2790. The van der Waals surface area contributed by atoms with E-state index in [-0.39, 0.29) is 0 Å². The number of hydrogen-bond acceptors (Lipinski definition) is 5. The SMILES string of the molecule is c1ccc(-c2ccc(C3=NC(c4cccc(-c5cccc6oc7ccccc7c56)c4)N=C(c4ccc5c(c4)oc4ccccc45)N3)cc2)cc1. The molecule has 0 aliphatic carbocycles. The summed E-state index contributed by atoms with van der Waals surface area (Å²) in [4.78, 5) is 10.4. The molecular formula is C45H29N3O2. The van der Waals surface area contributed by atoms with Gasteiger partial charge in [-0.3, -0.25) is 0 Å². The molecule has 1 N–H and O–H groups in total. The van der Waals surface area contributed by atoms with Gasteiger partial charge in [0.25, 0.3) is 0 Å². The molecule has 0 fully saturated rings. The van der Waals surface area contributed by atoms with E-state index < -0.39 is 6.17 Å². The summed E-state index contributed by atoms with van der Waals surface area (Å²) in [7, 11) is 0. The molecule has 0 saturated carbocycles. The maximum atomic E-state index is 6.27. The van der Waals surface area contributed by atoms with Crippen LogP contribution >= 0.6 is 0 Å². The standard InChI is InChI=1S/C45H29N3O2/c1-2-10-28(11-3-1)29-20-22-30(23-21-29)43-46-44(48-45(47-43)33-24-25-36-35-14-4-6-17-38(35)50-41(36)27-33)32-13-8-12-31(26-32)34-16-9-19-40-42(34)37-15-5-7-18-39(37)49-40/h1-27,44H,(H,46,47,48). The summed E-state index contributed by atoms with van der Waals surface area (Å²) in [6, 6.07) is 56.4. The second-order valence-corrected chi connectivity index (χ2v) is 12.6. The monoisotopic (exact) mass is 643 g/mol. The van der Waals surface area contributed by atoms with E-state index >= 15 is 0 Å². The third-order valence-electron chi connectivity index (χ3n) is 9.56. The molecule has 5 nitrogen and oxygen atoms in total. The lowest BCUT2D eigenvalue weighted by molar-refractivity contribution is 0.668. The Morgan fingerprint density at radius 2 is 0.980 bits per heavy atom. The van der Waals surface area contributed by atoms with Crippen LogP contribution in [-0.4, -0.2) is 11.7 Å². The third kappa shape index (κ3) is 4.79. The number of rotatable bonds is 5. The van der Waals surface area contributed by atoms with E-state index in [1.165, 1.54) is 5.56 Å². The minimum absolute atomic E-state index is 0.471. The van der Waals surface area contributed by atoms with Crippen molar-refractivity contribution >= 4 is 55.5 Å². The number of nitrogens with one attached hydrogen (secondary N) is 1. The zero-order valence-corrected chi connectivity index (χ0v) is 26.9. The van der Waals surface area contributed by atoms with Crippen molar-refractivity contribution in [3.8, 4) is 22.3 Å². The summed E-state index contributed by atoms with van der Waals surface area (Å²) in [5.74, 6) is 1.50. The van der Waals surface area contributed by atoms with Crippen molar-refractivity contribution in [1.82, 2.24) is 5.32 Å². The highest BCUT2D eigenvalue weighted by molar-refractivity contribution is 6.17. The van der Waals surface area contributed by atoms with E-state index in [1.54, 1.807) is 0 Å². The summed E-state index contributed by atoms with van der Waals surface area (Å²) < 4.78 is 12.5. The molecule has 7 aromatic carbocycles. The smallest absolute Gasteiger partial charge is 0.169 e. The lowest BCUT2D eigenvalue weighted by Crippen LogP contribution is -2.36. The molecule has 9 aromatic rings. The van der Waals surface area contributed by atoms with Gasteiger partial charge in [0.2, 0.25) is 0 Å². The first-order valence-corrected chi connectivity index (χ1v) is 16.8. The molecule has 1 aliphatic rings. The first-order valence-electron chi connectivity index (χ1n) is 16.8. The number of benzene rings is 7. The Kier molecular flexibility index (Phi) is 6.49. The normalized spacial score (nSPS) is 14.6. The van der Waals surface area contributed by atoms with Crippen LogP contribution in [0, 0.1) is 0 Å². The molecule has 3 heterocycles. The molecule has 50 heavy (non-hydrogen) atoms. The van der Waals surface area contributed by atoms with E-state index in [2.05, 4.69) is 127 Å². The van der Waals surface area contributed by atoms with E-state index in [1.807, 2.05) is 42.5 Å². The van der Waals surface area contributed by atoms with Crippen LogP contribution in [-0.2, 0) is 0 Å². The fourth-order valence-corrected chi connectivity index (χ4v) is 7.10. The fraction of sp³-hybridized carbons (Fsp3) is 0.0222. The molecule has 1 aliphatic heterocycles. The Morgan fingerprint density at radius 3 is 1.82 bits per heavy atom. The van der Waals surface area contributed by atoms with Gasteiger partial charge in [-0.2, -0.15) is 0 Å². The van der Waals surface area contributed by atoms with Crippen molar-refractivity contribution < 1.29 is 8.83 Å². The number of amidine groups is 2. The van der Waals surface area contributed by atoms with Crippen molar-refractivity contribution in [3.63, 3.8) is 0 Å². The second-order valence-electron chi connectivity index (χ2n) is 12.6. The quantitative estimate of drug-likeness (QED) is 0.203. The predicted molar refractivity (Wildman–Crippen MR) is 204 cm³/mol. The molecule has 1 unspecified atom stereocenters. The molecule has 236 valence electrons. The number of nitrogens with zero attached hydrogens (tertiary/aromatic N) is 2. The van der Waals surface area contributed by atoms with Crippen molar-refractivity contribution in [3.05, 3.63) is 180 Å². The second kappa shape index (κ2) is 11.5. The summed E-state index contributed by atoms with van der Waals surface area (Å²) in [6.45, 7) is 0. The largest absolute Gasteiger partial charge is 0.456 e. The van der Waals surface area contributed by atoms with Crippen LogP contribution in [0.3, 0.4) is 0 Å². The fourth-order valence-electron chi connectivity index (χ4n) is 7.10. The maximum absolute atomic E-state index is 6.27. The first kappa shape index (κ1) is 28.3. The summed E-state index contributed by atoms with van der Waals surface area (Å²) in [5, 5.41) is 7.97. The highest BCUT2D eigenvalue weighted by Gasteiger charge is 2.23. The zero-order chi connectivity index (χ0) is 33.0. The van der Waals surface area contributed by atoms with Crippen molar-refractivity contribution in [2.45, 2.75) is 6.17 Å². The summed E-state index contributed by atoms with van der Waals surface area (Å²) in [5.41, 5.74) is 10.9. The minimum atomic E-state index is -0.471. The maximum Gasteiger partial charge on any atom is 0.169 e. The number of furan rings is 2. The van der Waals surface area contributed by atoms with E-state index in [9.17, 15) is 0 Å². The van der Waals surface area contributed by atoms with Gasteiger partial charge in [0.1, 0.15) is 34.0 Å². The van der Waals surface area contributed by atoms with Gasteiger partial charge in [0.05, 0.1) is 0 Å². The lowest BCUT2D eigenvalue weighted by atomic mass is 9.97. The molecule has 1 atom stereocenters. The Balaban J connectivity index is 1.09. The van der Waals surface area contributed by atoms with Crippen LogP contribution in [0.15, 0.2) is 183 Å². The van der Waals surface area contributed by atoms with Gasteiger partial charge in [-0.15, -0.1) is 0 Å². The lowest BCUT2D eigenvalue weighted by Gasteiger charge is -2.23. The first-order chi connectivity index (χ1) is 24.7. The molecule has 10 rings (SSSR count). The Labute approximate surface area is 287 Å². The van der Waals surface area contributed by atoms with Gasteiger partial charge in [-0.1, -0.05) is 127 Å². The molecule has 0 saturated heterocycles. The van der Waals surface area contributed by atoms with Crippen LogP contribution in [0.5, 0.6) is 0 Å². The molecule has 0 bridgehead atoms. The molecule has 5 heteroatoms. The Morgan fingerprint density at radius 1 is 0.400 bits per heavy atom. The van der Waals surface area contributed by atoms with Crippen molar-refractivity contribution in [2.24, 2.45) is 9.98 Å². The van der Waals surface area contributed by atoms with Crippen molar-refractivity contribution in [1.29, 1.82) is 0 Å². The van der Waals surface area contributed by atoms with Crippen LogP contribution in [0.2, 0.25) is 0 Å². The van der Waals surface area contributed by atoms with Gasteiger partial charge in [-0.05, 0) is 64.2 Å². The molecule has 2 aromatic heterocycles. The number of para-hydroxylation sites is 2. The van der Waals surface area contributed by atoms with E-state index in [0.29, 0.717) is 0 Å². The number of hydrogen-bond donors (Lipinski definition) is 1. The average Bonchev–Trinajstić information content (AvgIpc) is 3.76. The molecule has 0 amide bonds.